The Kier molecular flexibility index (Phi) is 6.83. The first-order chi connectivity index (χ1) is 16.9. The van der Waals surface area contributed by atoms with Crippen LogP contribution in [0.25, 0.3) is 10.9 Å². The van der Waals surface area contributed by atoms with Crippen molar-refractivity contribution in [3.05, 3.63) is 52.6 Å². The molecule has 0 unspecified atom stereocenters. The number of nitrogens with zero attached hydrogens (tertiary/aromatic N) is 4. The van der Waals surface area contributed by atoms with Crippen LogP contribution in [-0.4, -0.2) is 61.8 Å². The number of aromatic amines is 1. The molecule has 4 rings (SSSR count). The van der Waals surface area contributed by atoms with Gasteiger partial charge in [-0.2, -0.15) is 5.10 Å². The van der Waals surface area contributed by atoms with Gasteiger partial charge in [-0.3, -0.25) is 14.7 Å². The molecule has 0 radical (unpaired) electrons. The summed E-state index contributed by atoms with van der Waals surface area (Å²) < 4.78 is 16.1. The standard InChI is InChI=1S/C25H31ClFN7O2/c1-7-21(35)34-11-17(27)19(12-34)30-24(36)22-13(2)29-20(33(22)6)10-28-23-14-8-15(25(3,4)5)16(26)9-18(14)31-32-23/h7-9,17,19H,1,10-12H2,2-6H3,(H,30,36)(H2,28,31,32)/t17-,19-/m0/s1. The van der Waals surface area contributed by atoms with Crippen molar-refractivity contribution in [2.75, 3.05) is 18.4 Å². The van der Waals surface area contributed by atoms with Crippen LogP contribution in [0.3, 0.4) is 0 Å². The van der Waals surface area contributed by atoms with E-state index in [1.165, 1.54) is 4.90 Å². The van der Waals surface area contributed by atoms with Gasteiger partial charge in [-0.25, -0.2) is 9.37 Å². The van der Waals surface area contributed by atoms with Gasteiger partial charge in [0.05, 0.1) is 30.3 Å². The van der Waals surface area contributed by atoms with Crippen LogP contribution in [0.1, 0.15) is 48.3 Å². The highest BCUT2D eigenvalue weighted by molar-refractivity contribution is 6.32. The molecule has 2 atom stereocenters. The Morgan fingerprint density at radius 2 is 2.06 bits per heavy atom. The van der Waals surface area contributed by atoms with E-state index in [1.807, 2.05) is 12.1 Å². The molecule has 3 aromatic rings. The van der Waals surface area contributed by atoms with E-state index in [2.05, 4.69) is 53.2 Å². The average Bonchev–Trinajstić information content (AvgIpc) is 3.45. The molecule has 1 saturated heterocycles. The molecular weight excluding hydrogens is 485 g/mol. The molecule has 0 saturated carbocycles. The minimum atomic E-state index is -1.35. The second-order valence-corrected chi connectivity index (χ2v) is 10.5. The number of rotatable bonds is 6. The van der Waals surface area contributed by atoms with Gasteiger partial charge in [0.1, 0.15) is 17.7 Å². The summed E-state index contributed by atoms with van der Waals surface area (Å²) in [5.41, 5.74) is 2.55. The molecule has 1 aromatic carbocycles. The Hall–Kier alpha value is -3.40. The van der Waals surface area contributed by atoms with Crippen LogP contribution in [-0.2, 0) is 23.8 Å². The summed E-state index contributed by atoms with van der Waals surface area (Å²) in [7, 11) is 1.74. The number of alkyl halides is 1. The zero-order chi connectivity index (χ0) is 26.4. The highest BCUT2D eigenvalue weighted by Gasteiger charge is 2.36. The topological polar surface area (TPSA) is 108 Å². The summed E-state index contributed by atoms with van der Waals surface area (Å²) in [4.78, 5) is 30.7. The van der Waals surface area contributed by atoms with E-state index in [4.69, 9.17) is 11.6 Å². The van der Waals surface area contributed by atoms with Crippen LogP contribution >= 0.6 is 11.6 Å². The fourth-order valence-electron chi connectivity index (χ4n) is 4.52. The maximum Gasteiger partial charge on any atom is 0.270 e. The van der Waals surface area contributed by atoms with E-state index in [0.29, 0.717) is 34.6 Å². The van der Waals surface area contributed by atoms with E-state index in [-0.39, 0.29) is 24.4 Å². The Labute approximate surface area is 214 Å². The van der Waals surface area contributed by atoms with Gasteiger partial charge >= 0.3 is 0 Å². The highest BCUT2D eigenvalue weighted by Crippen LogP contribution is 2.34. The van der Waals surface area contributed by atoms with Gasteiger partial charge in [0.15, 0.2) is 5.82 Å². The molecule has 0 bridgehead atoms. The predicted octanol–water partition coefficient (Wildman–Crippen LogP) is 3.63. The molecular formula is C25H31ClFN7O2. The number of fused-ring (bicyclic) bond motifs is 1. The molecule has 3 heterocycles. The van der Waals surface area contributed by atoms with Gasteiger partial charge in [-0.15, -0.1) is 0 Å². The number of carbonyl (C=O) groups excluding carboxylic acids is 2. The lowest BCUT2D eigenvalue weighted by atomic mass is 9.86. The van der Waals surface area contributed by atoms with Gasteiger partial charge in [0.25, 0.3) is 5.91 Å². The number of imidazole rings is 1. The smallest absolute Gasteiger partial charge is 0.270 e. The molecule has 0 spiro atoms. The molecule has 1 fully saturated rings. The fraction of sp³-hybridized carbons (Fsp3) is 0.440. The van der Waals surface area contributed by atoms with E-state index in [1.54, 1.807) is 18.5 Å². The number of anilines is 1. The summed E-state index contributed by atoms with van der Waals surface area (Å²) >= 11 is 6.47. The summed E-state index contributed by atoms with van der Waals surface area (Å²) in [5.74, 6) is 0.466. The Balaban J connectivity index is 1.50. The second-order valence-electron chi connectivity index (χ2n) is 10.1. The number of benzene rings is 1. The minimum Gasteiger partial charge on any atom is -0.361 e. The van der Waals surface area contributed by atoms with Gasteiger partial charge in [0, 0.05) is 24.0 Å². The third kappa shape index (κ3) is 4.82. The van der Waals surface area contributed by atoms with Crippen molar-refractivity contribution in [3.8, 4) is 0 Å². The minimum absolute atomic E-state index is 0.0743. The van der Waals surface area contributed by atoms with Crippen LogP contribution in [0.5, 0.6) is 0 Å². The molecule has 9 nitrogen and oxygen atoms in total. The number of carbonyl (C=O) groups is 2. The summed E-state index contributed by atoms with van der Waals surface area (Å²) in [6.45, 7) is 11.8. The number of nitrogens with one attached hydrogen (secondary N) is 3. The van der Waals surface area contributed by atoms with Crippen molar-refractivity contribution in [2.45, 2.75) is 51.9 Å². The number of hydrogen-bond donors (Lipinski definition) is 3. The number of aromatic nitrogens is 4. The number of H-pyrrole nitrogens is 1. The van der Waals surface area contributed by atoms with Crippen LogP contribution < -0.4 is 10.6 Å². The van der Waals surface area contributed by atoms with Crippen molar-refractivity contribution in [2.24, 2.45) is 7.05 Å². The quantitative estimate of drug-likeness (QED) is 0.434. The van der Waals surface area contributed by atoms with Crippen molar-refractivity contribution in [1.29, 1.82) is 0 Å². The van der Waals surface area contributed by atoms with E-state index in [9.17, 15) is 14.0 Å². The van der Waals surface area contributed by atoms with Gasteiger partial charge in [0.2, 0.25) is 5.91 Å². The Bertz CT molecular complexity index is 1340. The summed E-state index contributed by atoms with van der Waals surface area (Å²) in [5, 5.41) is 15.0. The molecule has 2 aromatic heterocycles. The lowest BCUT2D eigenvalue weighted by Gasteiger charge is -2.20. The number of amides is 2. The number of hydrogen-bond acceptors (Lipinski definition) is 5. The van der Waals surface area contributed by atoms with Crippen molar-refractivity contribution >= 4 is 40.1 Å². The highest BCUT2D eigenvalue weighted by atomic mass is 35.5. The SMILES string of the molecule is C=CC(=O)N1C[C@H](NC(=O)c2c(C)nc(CNc3n[nH]c4cc(Cl)c(C(C)(C)C)cc34)n2C)[C@@H](F)C1. The Morgan fingerprint density at radius 1 is 1.33 bits per heavy atom. The lowest BCUT2D eigenvalue weighted by Crippen LogP contribution is -2.42. The third-order valence-corrected chi connectivity index (χ3v) is 6.81. The largest absolute Gasteiger partial charge is 0.361 e. The van der Waals surface area contributed by atoms with Gasteiger partial charge < -0.3 is 20.1 Å². The maximum atomic E-state index is 14.5. The van der Waals surface area contributed by atoms with E-state index >= 15 is 0 Å². The van der Waals surface area contributed by atoms with E-state index < -0.39 is 18.1 Å². The van der Waals surface area contributed by atoms with Crippen LogP contribution in [0.2, 0.25) is 5.02 Å². The first-order valence-corrected chi connectivity index (χ1v) is 12.1. The number of likely N-dealkylation sites (tertiary alicyclic amines) is 1. The maximum absolute atomic E-state index is 14.5. The number of halogens is 2. The zero-order valence-electron chi connectivity index (χ0n) is 21.1. The molecule has 1 aliphatic rings. The van der Waals surface area contributed by atoms with Crippen LogP contribution in [0.15, 0.2) is 24.8 Å². The van der Waals surface area contributed by atoms with Crippen LogP contribution in [0, 0.1) is 6.92 Å². The Morgan fingerprint density at radius 3 is 2.72 bits per heavy atom. The molecule has 2 amide bonds. The molecule has 0 aliphatic carbocycles. The van der Waals surface area contributed by atoms with Crippen LogP contribution in [0.4, 0.5) is 10.2 Å². The third-order valence-electron chi connectivity index (χ3n) is 6.50. The van der Waals surface area contributed by atoms with Crippen molar-refractivity contribution < 1.29 is 14.0 Å². The molecule has 1 aliphatic heterocycles. The van der Waals surface area contributed by atoms with Gasteiger partial charge in [-0.1, -0.05) is 39.0 Å². The first-order valence-electron chi connectivity index (χ1n) is 11.7. The van der Waals surface area contributed by atoms with E-state index in [0.717, 1.165) is 22.5 Å². The zero-order valence-corrected chi connectivity index (χ0v) is 21.8. The first kappa shape index (κ1) is 25.7. The molecule has 3 N–H and O–H groups in total. The summed E-state index contributed by atoms with van der Waals surface area (Å²) in [6.07, 6.45) is -0.213. The molecule has 36 heavy (non-hydrogen) atoms. The lowest BCUT2D eigenvalue weighted by molar-refractivity contribution is -0.125. The molecule has 11 heteroatoms. The average molecular weight is 516 g/mol. The normalized spacial score (nSPS) is 18.0. The molecule has 192 valence electrons. The second kappa shape index (κ2) is 9.57. The monoisotopic (exact) mass is 515 g/mol. The predicted molar refractivity (Wildman–Crippen MR) is 138 cm³/mol. The number of aryl methyl sites for hydroxylation is 1. The summed E-state index contributed by atoms with van der Waals surface area (Å²) in [6, 6.07) is 3.10. The van der Waals surface area contributed by atoms with Crippen molar-refractivity contribution in [1.82, 2.24) is 30.0 Å². The fourth-order valence-corrected chi connectivity index (χ4v) is 4.97. The van der Waals surface area contributed by atoms with Gasteiger partial charge in [-0.05, 0) is 36.1 Å². The van der Waals surface area contributed by atoms with Crippen molar-refractivity contribution in [3.63, 3.8) is 0 Å².